The van der Waals surface area contributed by atoms with Crippen LogP contribution in [-0.4, -0.2) is 29.6 Å². The molecule has 1 aromatic rings. The Hall–Kier alpha value is -0.930. The summed E-state index contributed by atoms with van der Waals surface area (Å²) in [5.74, 6) is 0.371. The van der Waals surface area contributed by atoms with E-state index in [9.17, 15) is 9.50 Å². The first-order chi connectivity index (χ1) is 8.49. The molecule has 1 aliphatic rings. The molecule has 1 heterocycles. The number of nitrogens with zero attached hydrogens (tertiary/aromatic N) is 1. The quantitative estimate of drug-likeness (QED) is 0.893. The highest BCUT2D eigenvalue weighted by atomic mass is 19.1. The van der Waals surface area contributed by atoms with E-state index in [0.29, 0.717) is 24.3 Å². The number of hydrogen-bond acceptors (Lipinski definition) is 2. The van der Waals surface area contributed by atoms with Gasteiger partial charge in [-0.3, -0.25) is 0 Å². The molecule has 0 unspecified atom stereocenters. The fourth-order valence-corrected chi connectivity index (χ4v) is 2.69. The molecule has 18 heavy (non-hydrogen) atoms. The average molecular weight is 251 g/mol. The predicted octanol–water partition coefficient (Wildman–Crippen LogP) is 2.77. The summed E-state index contributed by atoms with van der Waals surface area (Å²) < 4.78 is 13.2. The Morgan fingerprint density at radius 2 is 2.00 bits per heavy atom. The molecule has 0 aromatic heterocycles. The lowest BCUT2D eigenvalue weighted by Crippen LogP contribution is -2.43. The number of halogens is 1. The summed E-state index contributed by atoms with van der Waals surface area (Å²) in [7, 11) is 0. The maximum absolute atomic E-state index is 13.2. The summed E-state index contributed by atoms with van der Waals surface area (Å²) in [6.45, 7) is 7.23. The van der Waals surface area contributed by atoms with Crippen LogP contribution in [-0.2, 0) is 5.60 Å². The minimum atomic E-state index is -0.852. The monoisotopic (exact) mass is 251 g/mol. The van der Waals surface area contributed by atoms with Gasteiger partial charge in [0.15, 0.2) is 0 Å². The molecule has 0 atom stereocenters. The predicted molar refractivity (Wildman–Crippen MR) is 70.8 cm³/mol. The molecule has 1 N–H and O–H groups in total. The number of aliphatic hydroxyl groups is 1. The molecule has 0 saturated carbocycles. The fourth-order valence-electron chi connectivity index (χ4n) is 2.69. The maximum atomic E-state index is 13.2. The lowest BCUT2D eigenvalue weighted by molar-refractivity contribution is -0.0281. The standard InChI is InChI=1S/C15H22FNO/c1-12(2)11-17-8-6-15(18,7-9-17)13-4-3-5-14(16)10-13/h3-5,10,12,18H,6-9,11H2,1-2H3. The van der Waals surface area contributed by atoms with Gasteiger partial charge in [0.25, 0.3) is 0 Å². The first-order valence-electron chi connectivity index (χ1n) is 6.70. The Labute approximate surface area is 108 Å². The second-order valence-electron chi connectivity index (χ2n) is 5.74. The van der Waals surface area contributed by atoms with Crippen molar-refractivity contribution in [2.24, 2.45) is 5.92 Å². The zero-order valence-corrected chi connectivity index (χ0v) is 11.2. The number of hydrogen-bond donors (Lipinski definition) is 1. The average Bonchev–Trinajstić information content (AvgIpc) is 2.32. The SMILES string of the molecule is CC(C)CN1CCC(O)(c2cccc(F)c2)CC1. The molecular formula is C15H22FNO. The van der Waals surface area contributed by atoms with Gasteiger partial charge in [-0.2, -0.15) is 0 Å². The topological polar surface area (TPSA) is 23.5 Å². The normalized spacial score (nSPS) is 20.3. The van der Waals surface area contributed by atoms with Gasteiger partial charge in [0.2, 0.25) is 0 Å². The molecule has 100 valence electrons. The van der Waals surface area contributed by atoms with E-state index < -0.39 is 5.60 Å². The molecule has 0 aliphatic carbocycles. The third-order valence-corrected chi connectivity index (χ3v) is 3.67. The first kappa shape index (κ1) is 13.5. The molecule has 3 heteroatoms. The van der Waals surface area contributed by atoms with Crippen molar-refractivity contribution in [3.63, 3.8) is 0 Å². The number of likely N-dealkylation sites (tertiary alicyclic amines) is 1. The van der Waals surface area contributed by atoms with Crippen LogP contribution in [0.2, 0.25) is 0 Å². The van der Waals surface area contributed by atoms with Gasteiger partial charge in [-0.25, -0.2) is 4.39 Å². The first-order valence-corrected chi connectivity index (χ1v) is 6.70. The Morgan fingerprint density at radius 3 is 2.56 bits per heavy atom. The number of piperidine rings is 1. The van der Waals surface area contributed by atoms with Gasteiger partial charge >= 0.3 is 0 Å². The van der Waals surface area contributed by atoms with Crippen LogP contribution in [0, 0.1) is 11.7 Å². The summed E-state index contributed by atoms with van der Waals surface area (Å²) in [5.41, 5.74) is -0.137. The van der Waals surface area contributed by atoms with E-state index >= 15 is 0 Å². The summed E-state index contributed by atoms with van der Waals surface area (Å²) in [6, 6.07) is 6.36. The summed E-state index contributed by atoms with van der Waals surface area (Å²) in [5, 5.41) is 10.6. The van der Waals surface area contributed by atoms with Gasteiger partial charge in [0, 0.05) is 19.6 Å². The summed E-state index contributed by atoms with van der Waals surface area (Å²) >= 11 is 0. The molecule has 1 fully saturated rings. The van der Waals surface area contributed by atoms with Crippen molar-refractivity contribution in [1.29, 1.82) is 0 Å². The van der Waals surface area contributed by atoms with Crippen molar-refractivity contribution in [2.45, 2.75) is 32.3 Å². The third kappa shape index (κ3) is 3.09. The lowest BCUT2D eigenvalue weighted by Gasteiger charge is -2.39. The zero-order chi connectivity index (χ0) is 13.2. The molecule has 0 amide bonds. The Balaban J connectivity index is 2.03. The molecule has 0 radical (unpaired) electrons. The van der Waals surface area contributed by atoms with Crippen LogP contribution in [0.25, 0.3) is 0 Å². The molecule has 1 saturated heterocycles. The van der Waals surface area contributed by atoms with Crippen molar-refractivity contribution in [3.05, 3.63) is 35.6 Å². The molecule has 2 nitrogen and oxygen atoms in total. The van der Waals surface area contributed by atoms with Crippen molar-refractivity contribution < 1.29 is 9.50 Å². The van der Waals surface area contributed by atoms with Crippen LogP contribution < -0.4 is 0 Å². The van der Waals surface area contributed by atoms with E-state index in [1.807, 2.05) is 6.07 Å². The fraction of sp³-hybridized carbons (Fsp3) is 0.600. The molecule has 0 bridgehead atoms. The van der Waals surface area contributed by atoms with Gasteiger partial charge in [0.1, 0.15) is 5.82 Å². The number of benzene rings is 1. The van der Waals surface area contributed by atoms with E-state index in [1.165, 1.54) is 12.1 Å². The minimum Gasteiger partial charge on any atom is -0.385 e. The molecule has 1 aromatic carbocycles. The van der Waals surface area contributed by atoms with Crippen LogP contribution in [0.4, 0.5) is 4.39 Å². The van der Waals surface area contributed by atoms with Crippen LogP contribution in [0.5, 0.6) is 0 Å². The van der Waals surface area contributed by atoms with E-state index in [-0.39, 0.29) is 5.82 Å². The molecular weight excluding hydrogens is 229 g/mol. The van der Waals surface area contributed by atoms with Gasteiger partial charge in [-0.1, -0.05) is 26.0 Å². The summed E-state index contributed by atoms with van der Waals surface area (Å²) in [4.78, 5) is 2.37. The van der Waals surface area contributed by atoms with Crippen LogP contribution >= 0.6 is 0 Å². The van der Waals surface area contributed by atoms with E-state index in [1.54, 1.807) is 6.07 Å². The molecule has 0 spiro atoms. The van der Waals surface area contributed by atoms with Crippen molar-refractivity contribution >= 4 is 0 Å². The molecule has 2 rings (SSSR count). The van der Waals surface area contributed by atoms with Crippen molar-refractivity contribution in [1.82, 2.24) is 4.90 Å². The minimum absolute atomic E-state index is 0.273. The van der Waals surface area contributed by atoms with Gasteiger partial charge in [0.05, 0.1) is 5.60 Å². The highest BCUT2D eigenvalue weighted by Crippen LogP contribution is 2.33. The second kappa shape index (κ2) is 5.37. The number of rotatable bonds is 3. The van der Waals surface area contributed by atoms with Crippen LogP contribution in [0.3, 0.4) is 0 Å². The van der Waals surface area contributed by atoms with E-state index in [4.69, 9.17) is 0 Å². The van der Waals surface area contributed by atoms with Crippen LogP contribution in [0.1, 0.15) is 32.3 Å². The zero-order valence-electron chi connectivity index (χ0n) is 11.2. The Morgan fingerprint density at radius 1 is 1.33 bits per heavy atom. The Bertz CT molecular complexity index is 397. The van der Waals surface area contributed by atoms with E-state index in [2.05, 4.69) is 18.7 Å². The molecule has 1 aliphatic heterocycles. The van der Waals surface area contributed by atoms with Gasteiger partial charge in [-0.05, 0) is 36.5 Å². The smallest absolute Gasteiger partial charge is 0.123 e. The third-order valence-electron chi connectivity index (χ3n) is 3.67. The lowest BCUT2D eigenvalue weighted by atomic mass is 9.84. The summed E-state index contributed by atoms with van der Waals surface area (Å²) in [6.07, 6.45) is 1.37. The highest BCUT2D eigenvalue weighted by molar-refractivity contribution is 5.24. The maximum Gasteiger partial charge on any atom is 0.123 e. The highest BCUT2D eigenvalue weighted by Gasteiger charge is 2.34. The largest absolute Gasteiger partial charge is 0.385 e. The van der Waals surface area contributed by atoms with Gasteiger partial charge < -0.3 is 10.0 Å². The van der Waals surface area contributed by atoms with Crippen molar-refractivity contribution in [2.75, 3.05) is 19.6 Å². The van der Waals surface area contributed by atoms with Crippen molar-refractivity contribution in [3.8, 4) is 0 Å². The van der Waals surface area contributed by atoms with E-state index in [0.717, 1.165) is 19.6 Å². The second-order valence-corrected chi connectivity index (χ2v) is 5.74. The van der Waals surface area contributed by atoms with Gasteiger partial charge in [-0.15, -0.1) is 0 Å². The van der Waals surface area contributed by atoms with Crippen LogP contribution in [0.15, 0.2) is 24.3 Å². The Kier molecular flexibility index (Phi) is 4.03.